The van der Waals surface area contributed by atoms with Crippen molar-refractivity contribution >= 4 is 23.9 Å². The van der Waals surface area contributed by atoms with E-state index in [-0.39, 0.29) is 24.9 Å². The molecule has 0 spiro atoms. The normalized spacial score (nSPS) is 18.8. The number of alkyl carbamates (subject to hydrolysis) is 1. The van der Waals surface area contributed by atoms with Crippen molar-refractivity contribution in [1.82, 2.24) is 10.2 Å². The van der Waals surface area contributed by atoms with Crippen molar-refractivity contribution in [3.8, 4) is 0 Å². The van der Waals surface area contributed by atoms with Crippen molar-refractivity contribution in [1.29, 1.82) is 0 Å². The second-order valence-corrected chi connectivity index (χ2v) is 6.09. The number of rotatable bonds is 5. The lowest BCUT2D eigenvalue weighted by Gasteiger charge is -2.25. The number of amides is 3. The number of ether oxygens (including phenoxy) is 2. The molecule has 0 radical (unpaired) electrons. The molecule has 2 rings (SSSR count). The maximum absolute atomic E-state index is 12.3. The Balaban J connectivity index is 1.94. The zero-order valence-corrected chi connectivity index (χ0v) is 14.9. The molecule has 0 saturated carbocycles. The Morgan fingerprint density at radius 3 is 2.46 bits per heavy atom. The molecule has 8 heteroatoms. The van der Waals surface area contributed by atoms with Crippen molar-refractivity contribution in [2.75, 3.05) is 13.7 Å². The SMILES string of the molecule is COC(=O)NC(=O)[C@H](C)OC(=O)[C@@H]1CC(=O)N([C@@H](C)c2ccccc2)C1. The maximum atomic E-state index is 12.3. The average molecular weight is 362 g/mol. The van der Waals surface area contributed by atoms with Crippen molar-refractivity contribution in [2.24, 2.45) is 5.92 Å². The van der Waals surface area contributed by atoms with Crippen LogP contribution in [0, 0.1) is 5.92 Å². The van der Waals surface area contributed by atoms with Crippen molar-refractivity contribution in [3.05, 3.63) is 35.9 Å². The van der Waals surface area contributed by atoms with Crippen LogP contribution in [-0.2, 0) is 23.9 Å². The molecule has 8 nitrogen and oxygen atoms in total. The fraction of sp³-hybridized carbons (Fsp3) is 0.444. The number of nitrogens with one attached hydrogen (secondary N) is 1. The van der Waals surface area contributed by atoms with E-state index in [1.807, 2.05) is 42.6 Å². The van der Waals surface area contributed by atoms with E-state index in [0.29, 0.717) is 0 Å². The molecule has 3 amide bonds. The van der Waals surface area contributed by atoms with Crippen LogP contribution >= 0.6 is 0 Å². The van der Waals surface area contributed by atoms with Gasteiger partial charge >= 0.3 is 12.1 Å². The zero-order valence-electron chi connectivity index (χ0n) is 14.9. The number of carbonyl (C=O) groups excluding carboxylic acids is 4. The molecule has 0 bridgehead atoms. The van der Waals surface area contributed by atoms with E-state index in [1.54, 1.807) is 4.90 Å². The lowest BCUT2D eigenvalue weighted by atomic mass is 10.1. The van der Waals surface area contributed by atoms with Crippen LogP contribution in [0.15, 0.2) is 30.3 Å². The van der Waals surface area contributed by atoms with Crippen molar-refractivity contribution < 1.29 is 28.7 Å². The van der Waals surface area contributed by atoms with E-state index < -0.39 is 30.0 Å². The summed E-state index contributed by atoms with van der Waals surface area (Å²) >= 11 is 0. The lowest BCUT2D eigenvalue weighted by molar-refractivity contribution is -0.158. The molecule has 1 aromatic carbocycles. The van der Waals surface area contributed by atoms with Gasteiger partial charge in [-0.1, -0.05) is 30.3 Å². The molecule has 1 N–H and O–H groups in total. The third-order valence-electron chi connectivity index (χ3n) is 4.31. The van der Waals surface area contributed by atoms with Gasteiger partial charge in [-0.2, -0.15) is 0 Å². The molecule has 1 aliphatic heterocycles. The van der Waals surface area contributed by atoms with E-state index in [0.717, 1.165) is 12.7 Å². The van der Waals surface area contributed by atoms with Crippen LogP contribution in [0.4, 0.5) is 4.79 Å². The molecule has 1 heterocycles. The molecule has 1 aliphatic rings. The highest BCUT2D eigenvalue weighted by Crippen LogP contribution is 2.29. The molecule has 3 atom stereocenters. The van der Waals surface area contributed by atoms with Gasteiger partial charge in [-0.15, -0.1) is 0 Å². The van der Waals surface area contributed by atoms with Crippen LogP contribution in [-0.4, -0.2) is 48.5 Å². The summed E-state index contributed by atoms with van der Waals surface area (Å²) in [6, 6.07) is 9.34. The largest absolute Gasteiger partial charge is 0.453 e. The highest BCUT2D eigenvalue weighted by atomic mass is 16.6. The number of methoxy groups -OCH3 is 1. The first kappa shape index (κ1) is 19.4. The molecule has 0 aromatic heterocycles. The van der Waals surface area contributed by atoms with Crippen molar-refractivity contribution in [2.45, 2.75) is 32.4 Å². The minimum atomic E-state index is -1.17. The molecule has 1 fully saturated rings. The number of hydrogen-bond donors (Lipinski definition) is 1. The third kappa shape index (κ3) is 4.59. The van der Waals surface area contributed by atoms with Crippen LogP contribution < -0.4 is 5.32 Å². The zero-order chi connectivity index (χ0) is 19.3. The summed E-state index contributed by atoms with van der Waals surface area (Å²) in [5.41, 5.74) is 0.973. The molecule has 1 aromatic rings. The lowest BCUT2D eigenvalue weighted by Crippen LogP contribution is -2.40. The first-order chi connectivity index (χ1) is 12.3. The quantitative estimate of drug-likeness (QED) is 0.795. The fourth-order valence-electron chi connectivity index (χ4n) is 2.75. The number of imide groups is 1. The summed E-state index contributed by atoms with van der Waals surface area (Å²) < 4.78 is 9.40. The summed E-state index contributed by atoms with van der Waals surface area (Å²) in [7, 11) is 1.12. The van der Waals surface area contributed by atoms with E-state index in [9.17, 15) is 19.2 Å². The second-order valence-electron chi connectivity index (χ2n) is 6.09. The number of carbonyl (C=O) groups is 4. The summed E-state index contributed by atoms with van der Waals surface area (Å²) in [6.45, 7) is 3.46. The van der Waals surface area contributed by atoms with E-state index >= 15 is 0 Å². The molecule has 1 saturated heterocycles. The summed E-state index contributed by atoms with van der Waals surface area (Å²) in [4.78, 5) is 48.9. The first-order valence-electron chi connectivity index (χ1n) is 8.27. The van der Waals surface area contributed by atoms with Gasteiger partial charge in [0, 0.05) is 13.0 Å². The third-order valence-corrected chi connectivity index (χ3v) is 4.31. The number of benzene rings is 1. The van der Waals surface area contributed by atoms with Gasteiger partial charge in [0.15, 0.2) is 6.10 Å². The van der Waals surface area contributed by atoms with Gasteiger partial charge < -0.3 is 14.4 Å². The summed E-state index contributed by atoms with van der Waals surface area (Å²) in [5, 5.41) is 1.93. The Morgan fingerprint density at radius 2 is 1.85 bits per heavy atom. The highest BCUT2D eigenvalue weighted by molar-refractivity contribution is 5.95. The Labute approximate surface area is 151 Å². The van der Waals surface area contributed by atoms with Crippen LogP contribution in [0.1, 0.15) is 31.9 Å². The number of esters is 1. The predicted molar refractivity (Wildman–Crippen MR) is 90.8 cm³/mol. The molecule has 0 aliphatic carbocycles. The minimum absolute atomic E-state index is 0.0291. The van der Waals surface area contributed by atoms with Crippen molar-refractivity contribution in [3.63, 3.8) is 0 Å². The Morgan fingerprint density at radius 1 is 1.19 bits per heavy atom. The van der Waals surface area contributed by atoms with Crippen LogP contribution in [0.25, 0.3) is 0 Å². The predicted octanol–water partition coefficient (Wildman–Crippen LogP) is 1.41. The minimum Gasteiger partial charge on any atom is -0.453 e. The van der Waals surface area contributed by atoms with Gasteiger partial charge in [0.1, 0.15) is 0 Å². The van der Waals surface area contributed by atoms with Crippen LogP contribution in [0.2, 0.25) is 0 Å². The van der Waals surface area contributed by atoms with Gasteiger partial charge in [-0.05, 0) is 19.4 Å². The van der Waals surface area contributed by atoms with E-state index in [2.05, 4.69) is 4.74 Å². The van der Waals surface area contributed by atoms with Crippen LogP contribution in [0.3, 0.4) is 0 Å². The standard InChI is InChI=1S/C18H22N2O6/c1-11(13-7-5-4-6-8-13)20-10-14(9-15(20)21)17(23)26-12(2)16(22)19-18(24)25-3/h4-8,11-12,14H,9-10H2,1-3H3,(H,19,22,24)/t11-,12-,14+/m0/s1. The number of hydrogen-bond acceptors (Lipinski definition) is 6. The Hall–Kier alpha value is -2.90. The fourth-order valence-corrected chi connectivity index (χ4v) is 2.75. The highest BCUT2D eigenvalue weighted by Gasteiger charge is 2.38. The second kappa shape index (κ2) is 8.46. The summed E-state index contributed by atoms with van der Waals surface area (Å²) in [5.74, 6) is -2.23. The molecule has 140 valence electrons. The molecular weight excluding hydrogens is 340 g/mol. The molecule has 26 heavy (non-hydrogen) atoms. The first-order valence-corrected chi connectivity index (χ1v) is 8.27. The van der Waals surface area contributed by atoms with E-state index in [4.69, 9.17) is 4.74 Å². The van der Waals surface area contributed by atoms with Gasteiger partial charge in [-0.25, -0.2) is 4.79 Å². The van der Waals surface area contributed by atoms with Gasteiger partial charge in [0.05, 0.1) is 19.1 Å². The smallest absolute Gasteiger partial charge is 0.413 e. The molecular formula is C18H22N2O6. The number of likely N-dealkylation sites (tertiary alicyclic amines) is 1. The van der Waals surface area contributed by atoms with Gasteiger partial charge in [-0.3, -0.25) is 19.7 Å². The molecule has 0 unspecified atom stereocenters. The Bertz CT molecular complexity index is 690. The number of nitrogens with zero attached hydrogens (tertiary/aromatic N) is 1. The monoisotopic (exact) mass is 362 g/mol. The van der Waals surface area contributed by atoms with E-state index in [1.165, 1.54) is 6.92 Å². The average Bonchev–Trinajstić information content (AvgIpc) is 3.03. The van der Waals surface area contributed by atoms with Gasteiger partial charge in [0.25, 0.3) is 5.91 Å². The van der Waals surface area contributed by atoms with Crippen LogP contribution in [0.5, 0.6) is 0 Å². The topological polar surface area (TPSA) is 102 Å². The van der Waals surface area contributed by atoms with Gasteiger partial charge in [0.2, 0.25) is 5.91 Å². The Kier molecular flexibility index (Phi) is 6.32. The maximum Gasteiger partial charge on any atom is 0.413 e. The summed E-state index contributed by atoms with van der Waals surface area (Å²) in [6.07, 6.45) is -2.07.